The summed E-state index contributed by atoms with van der Waals surface area (Å²) in [5, 5.41) is 2.13. The van der Waals surface area contributed by atoms with Crippen LogP contribution < -0.4 is 5.32 Å². The quantitative estimate of drug-likeness (QED) is 0.544. The Morgan fingerprint density at radius 3 is 2.44 bits per heavy atom. The monoisotopic (exact) mass is 254 g/mol. The number of amides is 4. The summed E-state index contributed by atoms with van der Waals surface area (Å²) in [6.45, 7) is 1.39. The van der Waals surface area contributed by atoms with E-state index < -0.39 is 35.3 Å². The standard InChI is InChI=1S/C11H14N2O5/c1-6(7(14)18-2)13-9(16)11(4-3-5-11)8(15)12-10(13)17/h6H,3-5H2,1-2H3,(H,12,15,17). The molecule has 1 atom stereocenters. The zero-order valence-electron chi connectivity index (χ0n) is 10.2. The fourth-order valence-electron chi connectivity index (χ4n) is 2.30. The van der Waals surface area contributed by atoms with Gasteiger partial charge in [-0.05, 0) is 19.8 Å². The molecule has 2 aliphatic rings. The molecule has 7 nitrogen and oxygen atoms in total. The molecule has 1 heterocycles. The minimum atomic E-state index is -1.16. The Morgan fingerprint density at radius 1 is 1.39 bits per heavy atom. The van der Waals surface area contributed by atoms with Gasteiger partial charge in [0.1, 0.15) is 11.5 Å². The van der Waals surface area contributed by atoms with E-state index in [1.165, 1.54) is 14.0 Å². The van der Waals surface area contributed by atoms with Crippen LogP contribution in [0, 0.1) is 5.41 Å². The summed E-state index contributed by atoms with van der Waals surface area (Å²) in [5.74, 6) is -1.85. The Morgan fingerprint density at radius 2 is 2.00 bits per heavy atom. The van der Waals surface area contributed by atoms with E-state index in [-0.39, 0.29) is 0 Å². The number of hydrogen-bond donors (Lipinski definition) is 1. The molecule has 2 fully saturated rings. The molecule has 0 aromatic carbocycles. The molecule has 7 heteroatoms. The molecule has 98 valence electrons. The maximum absolute atomic E-state index is 12.2. The van der Waals surface area contributed by atoms with E-state index in [2.05, 4.69) is 10.1 Å². The summed E-state index contributed by atoms with van der Waals surface area (Å²) in [4.78, 5) is 47.9. The largest absolute Gasteiger partial charge is 0.467 e. The Balaban J connectivity index is 2.30. The molecule has 0 bridgehead atoms. The number of barbiturate groups is 1. The zero-order valence-corrected chi connectivity index (χ0v) is 10.2. The molecule has 1 spiro atoms. The highest BCUT2D eigenvalue weighted by atomic mass is 16.5. The van der Waals surface area contributed by atoms with Crippen LogP contribution in [0.5, 0.6) is 0 Å². The van der Waals surface area contributed by atoms with Gasteiger partial charge in [0.15, 0.2) is 0 Å². The third kappa shape index (κ3) is 1.50. The molecule has 1 aliphatic carbocycles. The highest BCUT2D eigenvalue weighted by molar-refractivity contribution is 6.20. The van der Waals surface area contributed by atoms with E-state index in [1.54, 1.807) is 0 Å². The smallest absolute Gasteiger partial charge is 0.331 e. The van der Waals surface area contributed by atoms with Crippen molar-refractivity contribution in [3.8, 4) is 0 Å². The number of esters is 1. The third-order valence-corrected chi connectivity index (χ3v) is 3.64. The van der Waals surface area contributed by atoms with E-state index in [0.717, 1.165) is 11.3 Å². The van der Waals surface area contributed by atoms with Gasteiger partial charge in [0.25, 0.3) is 0 Å². The van der Waals surface area contributed by atoms with Crippen molar-refractivity contribution < 1.29 is 23.9 Å². The number of nitrogens with zero attached hydrogens (tertiary/aromatic N) is 1. The van der Waals surface area contributed by atoms with Crippen LogP contribution in [-0.4, -0.2) is 41.9 Å². The first-order valence-electron chi connectivity index (χ1n) is 5.71. The molecule has 1 saturated heterocycles. The van der Waals surface area contributed by atoms with Gasteiger partial charge in [-0.3, -0.25) is 14.9 Å². The first-order chi connectivity index (χ1) is 8.44. The summed E-state index contributed by atoms with van der Waals surface area (Å²) < 4.78 is 4.51. The van der Waals surface area contributed by atoms with Crippen LogP contribution in [0.15, 0.2) is 0 Å². The Bertz CT molecular complexity index is 441. The average molecular weight is 254 g/mol. The van der Waals surface area contributed by atoms with Gasteiger partial charge in [-0.1, -0.05) is 6.42 Å². The SMILES string of the molecule is COC(=O)C(C)N1C(=O)NC(=O)C2(CCC2)C1=O. The molecular weight excluding hydrogens is 240 g/mol. The fraction of sp³-hybridized carbons (Fsp3) is 0.636. The Labute approximate surface area is 103 Å². The maximum atomic E-state index is 12.2. The van der Waals surface area contributed by atoms with Crippen molar-refractivity contribution in [1.29, 1.82) is 0 Å². The van der Waals surface area contributed by atoms with Gasteiger partial charge in [0.05, 0.1) is 7.11 Å². The van der Waals surface area contributed by atoms with Crippen LogP contribution in [0.1, 0.15) is 26.2 Å². The molecule has 2 rings (SSSR count). The average Bonchev–Trinajstić information content (AvgIpc) is 2.25. The Hall–Kier alpha value is -1.92. The molecule has 4 amide bonds. The van der Waals surface area contributed by atoms with Crippen molar-refractivity contribution in [3.63, 3.8) is 0 Å². The van der Waals surface area contributed by atoms with E-state index in [9.17, 15) is 19.2 Å². The second-order valence-corrected chi connectivity index (χ2v) is 4.57. The predicted molar refractivity (Wildman–Crippen MR) is 58.1 cm³/mol. The highest BCUT2D eigenvalue weighted by Gasteiger charge is 2.58. The van der Waals surface area contributed by atoms with Crippen molar-refractivity contribution >= 4 is 23.8 Å². The molecule has 1 N–H and O–H groups in total. The number of rotatable bonds is 2. The molecule has 0 aromatic rings. The van der Waals surface area contributed by atoms with Crippen LogP contribution in [-0.2, 0) is 19.1 Å². The van der Waals surface area contributed by atoms with Gasteiger partial charge in [-0.15, -0.1) is 0 Å². The molecule has 1 saturated carbocycles. The number of methoxy groups -OCH3 is 1. The minimum absolute atomic E-state index is 0.412. The topological polar surface area (TPSA) is 92.8 Å². The molecule has 0 radical (unpaired) electrons. The van der Waals surface area contributed by atoms with Crippen LogP contribution in [0.4, 0.5) is 4.79 Å². The van der Waals surface area contributed by atoms with E-state index in [4.69, 9.17) is 0 Å². The molecular formula is C11H14N2O5. The van der Waals surface area contributed by atoms with E-state index >= 15 is 0 Å². The lowest BCUT2D eigenvalue weighted by atomic mass is 9.66. The van der Waals surface area contributed by atoms with Gasteiger partial charge in [-0.2, -0.15) is 0 Å². The number of nitrogens with one attached hydrogen (secondary N) is 1. The normalized spacial score (nSPS) is 23.4. The number of ether oxygens (including phenoxy) is 1. The first kappa shape index (κ1) is 12.5. The predicted octanol–water partition coefficient (Wildman–Crippen LogP) is -0.203. The Kier molecular flexibility index (Phi) is 2.84. The van der Waals surface area contributed by atoms with Crippen LogP contribution in [0.3, 0.4) is 0 Å². The minimum Gasteiger partial charge on any atom is -0.467 e. The zero-order chi connectivity index (χ0) is 13.5. The van der Waals surface area contributed by atoms with Gasteiger partial charge < -0.3 is 4.74 Å². The third-order valence-electron chi connectivity index (χ3n) is 3.64. The molecule has 0 aromatic heterocycles. The fourth-order valence-corrected chi connectivity index (χ4v) is 2.30. The molecule has 18 heavy (non-hydrogen) atoms. The lowest BCUT2D eigenvalue weighted by Gasteiger charge is -2.45. The second kappa shape index (κ2) is 4.08. The summed E-state index contributed by atoms with van der Waals surface area (Å²) in [6.07, 6.45) is 1.58. The highest BCUT2D eigenvalue weighted by Crippen LogP contribution is 2.44. The number of carbonyl (C=O) groups is 4. The van der Waals surface area contributed by atoms with Crippen molar-refractivity contribution in [2.24, 2.45) is 5.41 Å². The van der Waals surface area contributed by atoms with E-state index in [0.29, 0.717) is 12.8 Å². The first-order valence-corrected chi connectivity index (χ1v) is 5.71. The van der Waals surface area contributed by atoms with Gasteiger partial charge in [0, 0.05) is 0 Å². The number of hydrogen-bond acceptors (Lipinski definition) is 5. The van der Waals surface area contributed by atoms with Crippen molar-refractivity contribution in [2.45, 2.75) is 32.2 Å². The number of imide groups is 2. The van der Waals surface area contributed by atoms with Gasteiger partial charge in [0.2, 0.25) is 11.8 Å². The van der Waals surface area contributed by atoms with Crippen molar-refractivity contribution in [1.82, 2.24) is 10.2 Å². The summed E-state index contributed by atoms with van der Waals surface area (Å²) in [5.41, 5.74) is -1.16. The van der Waals surface area contributed by atoms with Crippen LogP contribution in [0.2, 0.25) is 0 Å². The summed E-state index contributed by atoms with van der Waals surface area (Å²) in [6, 6.07) is -1.89. The lowest BCUT2D eigenvalue weighted by Crippen LogP contribution is -2.68. The van der Waals surface area contributed by atoms with Crippen molar-refractivity contribution in [2.75, 3.05) is 7.11 Å². The lowest BCUT2D eigenvalue weighted by molar-refractivity contribution is -0.164. The maximum Gasteiger partial charge on any atom is 0.331 e. The number of urea groups is 1. The van der Waals surface area contributed by atoms with Crippen LogP contribution >= 0.6 is 0 Å². The van der Waals surface area contributed by atoms with Gasteiger partial charge >= 0.3 is 12.0 Å². The van der Waals surface area contributed by atoms with Crippen LogP contribution in [0.25, 0.3) is 0 Å². The van der Waals surface area contributed by atoms with Gasteiger partial charge in [-0.25, -0.2) is 14.5 Å². The summed E-state index contributed by atoms with van der Waals surface area (Å²) >= 11 is 0. The van der Waals surface area contributed by atoms with Crippen molar-refractivity contribution in [3.05, 3.63) is 0 Å². The molecule has 1 unspecified atom stereocenters. The number of carbonyl (C=O) groups excluding carboxylic acids is 4. The van der Waals surface area contributed by atoms with E-state index in [1.807, 2.05) is 0 Å². The molecule has 1 aliphatic heterocycles. The second-order valence-electron chi connectivity index (χ2n) is 4.57. The summed E-state index contributed by atoms with van der Waals surface area (Å²) in [7, 11) is 1.18.